The van der Waals surface area contributed by atoms with Crippen molar-refractivity contribution in [3.8, 4) is 0 Å². The highest BCUT2D eigenvalue weighted by Crippen LogP contribution is 2.48. The number of thiophene rings is 1. The highest BCUT2D eigenvalue weighted by Gasteiger charge is 2.26. The summed E-state index contributed by atoms with van der Waals surface area (Å²) < 4.78 is 65.0. The van der Waals surface area contributed by atoms with Gasteiger partial charge in [-0.3, -0.25) is 9.11 Å². The SMILES string of the molecule is O=S(=O)(O)CCCc1c(/C=C2\Sc3ccccc3N2CCCS(=O)(=O)O)sc2ccc3ccccc3c12. The molecule has 7 nitrogen and oxygen atoms in total. The molecule has 1 aliphatic rings. The van der Waals surface area contributed by atoms with Crippen molar-refractivity contribution >= 4 is 76.0 Å². The Kier molecular flexibility index (Phi) is 7.36. The molecule has 0 saturated carbocycles. The largest absolute Gasteiger partial charge is 0.335 e. The molecule has 0 radical (unpaired) electrons. The van der Waals surface area contributed by atoms with Crippen molar-refractivity contribution in [3.05, 3.63) is 76.1 Å². The molecule has 1 aliphatic heterocycles. The molecular weight excluding hydrogens is 551 g/mol. The number of aryl methyl sites for hydroxylation is 1. The lowest BCUT2D eigenvalue weighted by molar-refractivity contribution is 0.479. The van der Waals surface area contributed by atoms with Gasteiger partial charge in [0.15, 0.2) is 0 Å². The first kappa shape index (κ1) is 26.2. The van der Waals surface area contributed by atoms with Crippen LogP contribution in [0.1, 0.15) is 23.3 Å². The van der Waals surface area contributed by atoms with Crippen LogP contribution in [0.3, 0.4) is 0 Å². The lowest BCUT2D eigenvalue weighted by atomic mass is 10.00. The van der Waals surface area contributed by atoms with Crippen LogP contribution in [-0.2, 0) is 26.7 Å². The van der Waals surface area contributed by atoms with Gasteiger partial charge in [0.25, 0.3) is 20.2 Å². The molecule has 0 bridgehead atoms. The average Bonchev–Trinajstić information content (AvgIpc) is 3.36. The summed E-state index contributed by atoms with van der Waals surface area (Å²) in [5, 5.41) is 4.21. The molecule has 5 rings (SSSR count). The predicted octanol–water partition coefficient (Wildman–Crippen LogP) is 6.06. The summed E-state index contributed by atoms with van der Waals surface area (Å²) in [5.41, 5.74) is 2.01. The molecular formula is C26H25NO6S4. The molecule has 37 heavy (non-hydrogen) atoms. The van der Waals surface area contributed by atoms with E-state index in [1.807, 2.05) is 42.5 Å². The maximum atomic E-state index is 11.4. The Morgan fingerprint density at radius 1 is 0.838 bits per heavy atom. The van der Waals surface area contributed by atoms with Crippen molar-refractivity contribution in [2.45, 2.75) is 24.2 Å². The summed E-state index contributed by atoms with van der Waals surface area (Å²) in [7, 11) is -8.13. The molecule has 11 heteroatoms. The highest BCUT2D eigenvalue weighted by atomic mass is 32.2. The van der Waals surface area contributed by atoms with E-state index >= 15 is 0 Å². The fourth-order valence-electron chi connectivity index (χ4n) is 4.66. The van der Waals surface area contributed by atoms with Crippen LogP contribution >= 0.6 is 23.1 Å². The van der Waals surface area contributed by atoms with E-state index in [1.54, 1.807) is 23.1 Å². The molecule has 0 unspecified atom stereocenters. The first-order chi connectivity index (χ1) is 17.6. The van der Waals surface area contributed by atoms with Crippen molar-refractivity contribution in [1.29, 1.82) is 0 Å². The van der Waals surface area contributed by atoms with Crippen molar-refractivity contribution in [3.63, 3.8) is 0 Å². The molecule has 0 amide bonds. The number of rotatable bonds is 9. The van der Waals surface area contributed by atoms with Gasteiger partial charge in [0.2, 0.25) is 0 Å². The van der Waals surface area contributed by atoms with Crippen molar-refractivity contribution in [1.82, 2.24) is 0 Å². The lowest BCUT2D eigenvalue weighted by Gasteiger charge is -2.20. The summed E-state index contributed by atoms with van der Waals surface area (Å²) in [5.74, 6) is -0.632. The van der Waals surface area contributed by atoms with E-state index in [-0.39, 0.29) is 24.3 Å². The lowest BCUT2D eigenvalue weighted by Crippen LogP contribution is -2.21. The Morgan fingerprint density at radius 2 is 1.54 bits per heavy atom. The van der Waals surface area contributed by atoms with Gasteiger partial charge in [0.1, 0.15) is 0 Å². The van der Waals surface area contributed by atoms with Gasteiger partial charge in [-0.25, -0.2) is 0 Å². The third kappa shape index (κ3) is 6.02. The molecule has 0 aliphatic carbocycles. The van der Waals surface area contributed by atoms with Crippen LogP contribution in [-0.4, -0.2) is 44.0 Å². The van der Waals surface area contributed by atoms with Crippen molar-refractivity contribution in [2.24, 2.45) is 0 Å². The third-order valence-corrected chi connectivity index (χ3v) is 10.1. The van der Waals surface area contributed by atoms with Crippen LogP contribution in [0.25, 0.3) is 26.9 Å². The van der Waals surface area contributed by atoms with E-state index in [0.717, 1.165) is 46.9 Å². The molecule has 0 atom stereocenters. The monoisotopic (exact) mass is 575 g/mol. The molecule has 0 fully saturated rings. The van der Waals surface area contributed by atoms with Crippen LogP contribution in [0, 0.1) is 0 Å². The van der Waals surface area contributed by atoms with Crippen LogP contribution < -0.4 is 4.90 Å². The van der Waals surface area contributed by atoms with E-state index < -0.39 is 20.2 Å². The number of hydrogen-bond donors (Lipinski definition) is 2. The second kappa shape index (κ2) is 10.4. The Bertz CT molecular complexity index is 1720. The van der Waals surface area contributed by atoms with Gasteiger partial charge < -0.3 is 4.90 Å². The van der Waals surface area contributed by atoms with E-state index in [1.165, 1.54) is 0 Å². The minimum atomic E-state index is -4.07. The number of anilines is 1. The Labute approximate surface area is 224 Å². The summed E-state index contributed by atoms with van der Waals surface area (Å²) in [6.07, 6.45) is 3.12. The zero-order valence-corrected chi connectivity index (χ0v) is 23.0. The number of benzene rings is 3. The van der Waals surface area contributed by atoms with Gasteiger partial charge >= 0.3 is 0 Å². The zero-order valence-electron chi connectivity index (χ0n) is 19.7. The molecule has 2 N–H and O–H groups in total. The second-order valence-electron chi connectivity index (χ2n) is 8.84. The summed E-state index contributed by atoms with van der Waals surface area (Å²) in [6.45, 7) is 0.418. The standard InChI is InChI=1S/C26H25NO6S4/c28-36(29,30)15-5-9-20-24(34-23-13-12-18-7-1-2-8-19(18)26(20)23)17-25-27(14-6-16-37(31,32)33)21-10-3-4-11-22(21)35-25/h1-4,7-8,10-13,17H,5-6,9,14-16H2,(H,28,29,30)(H,31,32,33)/b25-17-. The topological polar surface area (TPSA) is 112 Å². The fourth-order valence-corrected chi connectivity index (χ4v) is 8.07. The maximum Gasteiger partial charge on any atom is 0.264 e. The number of fused-ring (bicyclic) bond motifs is 4. The third-order valence-electron chi connectivity index (χ3n) is 6.21. The van der Waals surface area contributed by atoms with E-state index in [2.05, 4.69) is 29.2 Å². The van der Waals surface area contributed by atoms with Crippen LogP contribution in [0.2, 0.25) is 0 Å². The average molecular weight is 576 g/mol. The molecule has 2 heterocycles. The van der Waals surface area contributed by atoms with Crippen molar-refractivity contribution < 1.29 is 25.9 Å². The smallest absolute Gasteiger partial charge is 0.264 e. The summed E-state index contributed by atoms with van der Waals surface area (Å²) >= 11 is 3.22. The maximum absolute atomic E-state index is 11.4. The number of para-hydroxylation sites is 1. The van der Waals surface area contributed by atoms with Gasteiger partial charge in [-0.2, -0.15) is 16.8 Å². The molecule has 1 aromatic heterocycles. The second-order valence-corrected chi connectivity index (χ2v) is 14.1. The molecule has 4 aromatic rings. The van der Waals surface area contributed by atoms with E-state index in [9.17, 15) is 25.9 Å². The van der Waals surface area contributed by atoms with Crippen LogP contribution in [0.5, 0.6) is 0 Å². The molecule has 194 valence electrons. The minimum Gasteiger partial charge on any atom is -0.335 e. The van der Waals surface area contributed by atoms with Crippen LogP contribution in [0.15, 0.2) is 70.6 Å². The normalized spacial score (nSPS) is 15.2. The van der Waals surface area contributed by atoms with Gasteiger partial charge in [0, 0.05) is 26.4 Å². The summed E-state index contributed by atoms with van der Waals surface area (Å²) in [4.78, 5) is 4.12. The van der Waals surface area contributed by atoms with Gasteiger partial charge in [-0.1, -0.05) is 54.2 Å². The first-order valence-electron chi connectivity index (χ1n) is 11.7. The van der Waals surface area contributed by atoms with Gasteiger partial charge in [-0.05, 0) is 59.9 Å². The molecule has 0 spiro atoms. The predicted molar refractivity (Wildman–Crippen MR) is 153 cm³/mol. The van der Waals surface area contributed by atoms with Crippen LogP contribution in [0.4, 0.5) is 5.69 Å². The van der Waals surface area contributed by atoms with Crippen molar-refractivity contribution in [2.75, 3.05) is 23.0 Å². The Morgan fingerprint density at radius 3 is 2.32 bits per heavy atom. The molecule has 0 saturated heterocycles. The number of thioether (sulfide) groups is 1. The minimum absolute atomic E-state index is 0.267. The Hall–Kier alpha value is -2.41. The van der Waals surface area contributed by atoms with E-state index in [0.29, 0.717) is 13.0 Å². The summed E-state index contributed by atoms with van der Waals surface area (Å²) in [6, 6.07) is 20.1. The quantitative estimate of drug-likeness (QED) is 0.232. The molecule has 3 aromatic carbocycles. The number of nitrogens with zero attached hydrogens (tertiary/aromatic N) is 1. The highest BCUT2D eigenvalue weighted by molar-refractivity contribution is 8.04. The first-order valence-corrected chi connectivity index (χ1v) is 16.5. The van der Waals surface area contributed by atoms with E-state index in [4.69, 9.17) is 0 Å². The van der Waals surface area contributed by atoms with Gasteiger partial charge in [0.05, 0.1) is 22.2 Å². The fraction of sp³-hybridized carbons (Fsp3) is 0.231. The van der Waals surface area contributed by atoms with Gasteiger partial charge in [-0.15, -0.1) is 11.3 Å². The zero-order chi connectivity index (χ0) is 26.2. The Balaban J connectivity index is 1.59. The number of hydrogen-bond acceptors (Lipinski definition) is 7.